The van der Waals surface area contributed by atoms with Crippen LogP contribution >= 0.6 is 0 Å². The molecule has 4 nitrogen and oxygen atoms in total. The minimum absolute atomic E-state index is 0.118. The molecule has 2 N–H and O–H groups in total. The third-order valence-electron chi connectivity index (χ3n) is 3.46. The Labute approximate surface area is 115 Å². The zero-order valence-corrected chi connectivity index (χ0v) is 11.4. The summed E-state index contributed by atoms with van der Waals surface area (Å²) in [6.45, 7) is 2.68. The number of benzene rings is 1. The van der Waals surface area contributed by atoms with E-state index < -0.39 is 0 Å². The highest BCUT2D eigenvalue weighted by Gasteiger charge is 2.23. The maximum Gasteiger partial charge on any atom is 0.314 e. The van der Waals surface area contributed by atoms with Crippen molar-refractivity contribution < 1.29 is 9.45 Å². The number of hydrogen-bond donors (Lipinski definition) is 2. The van der Waals surface area contributed by atoms with Gasteiger partial charge in [0.25, 0.3) is 7.48 Å². The molecule has 1 fully saturated rings. The summed E-state index contributed by atoms with van der Waals surface area (Å²) in [5, 5.41) is 5.82. The van der Waals surface area contributed by atoms with Gasteiger partial charge in [-0.2, -0.15) is 0 Å². The van der Waals surface area contributed by atoms with Gasteiger partial charge in [0.1, 0.15) is 0 Å². The summed E-state index contributed by atoms with van der Waals surface area (Å²) in [7, 11) is 0.622. The summed E-state index contributed by atoms with van der Waals surface area (Å²) < 4.78 is 5.66. The standard InChI is InChI=1S/C14H21BN2O2/c1-2-12-8-9-13(15-19-12)17-14(18)16-10-11-6-4-3-5-7-11/h3-7,12-13,15H,2,8-10H2,1H3,(H2,16,17,18). The van der Waals surface area contributed by atoms with E-state index in [0.29, 0.717) is 20.1 Å². The van der Waals surface area contributed by atoms with Crippen molar-refractivity contribution in [3.8, 4) is 0 Å². The zero-order chi connectivity index (χ0) is 13.5. The molecule has 5 heteroatoms. The molecule has 0 aliphatic carbocycles. The predicted molar refractivity (Wildman–Crippen MR) is 77.1 cm³/mol. The van der Waals surface area contributed by atoms with Gasteiger partial charge >= 0.3 is 6.03 Å². The van der Waals surface area contributed by atoms with Gasteiger partial charge in [-0.1, -0.05) is 37.3 Å². The topological polar surface area (TPSA) is 50.4 Å². The minimum Gasteiger partial charge on any atom is -0.435 e. The lowest BCUT2D eigenvalue weighted by atomic mass is 9.79. The molecule has 19 heavy (non-hydrogen) atoms. The van der Waals surface area contributed by atoms with Crippen LogP contribution in [-0.4, -0.2) is 25.6 Å². The molecule has 2 amide bonds. The number of amides is 2. The van der Waals surface area contributed by atoms with Crippen molar-refractivity contribution in [2.45, 2.75) is 44.8 Å². The molecule has 1 aromatic carbocycles. The summed E-state index contributed by atoms with van der Waals surface area (Å²) >= 11 is 0. The largest absolute Gasteiger partial charge is 0.435 e. The molecule has 1 aliphatic rings. The van der Waals surface area contributed by atoms with Gasteiger partial charge in [0.15, 0.2) is 0 Å². The first-order valence-electron chi connectivity index (χ1n) is 6.98. The molecule has 0 radical (unpaired) electrons. The van der Waals surface area contributed by atoms with E-state index in [4.69, 9.17) is 4.65 Å². The van der Waals surface area contributed by atoms with E-state index in [2.05, 4.69) is 17.6 Å². The monoisotopic (exact) mass is 260 g/mol. The van der Waals surface area contributed by atoms with E-state index in [1.165, 1.54) is 0 Å². The SMILES string of the molecule is CCC1CCC(NC(=O)NCc2ccccc2)BO1. The predicted octanol–water partition coefficient (Wildman–Crippen LogP) is 1.75. The Kier molecular flexibility index (Phi) is 5.27. The Bertz CT molecular complexity index is 392. The van der Waals surface area contributed by atoms with Crippen LogP contribution in [0.5, 0.6) is 0 Å². The molecule has 2 atom stereocenters. The van der Waals surface area contributed by atoms with Crippen LogP contribution in [-0.2, 0) is 11.2 Å². The number of carbonyl (C=O) groups excluding carboxylic acids is 1. The summed E-state index contributed by atoms with van der Waals surface area (Å²) in [5.74, 6) is 0.138. The fourth-order valence-corrected chi connectivity index (χ4v) is 2.26. The molecule has 0 spiro atoms. The van der Waals surface area contributed by atoms with Crippen molar-refractivity contribution in [1.82, 2.24) is 10.6 Å². The number of urea groups is 1. The van der Waals surface area contributed by atoms with Crippen LogP contribution in [0.4, 0.5) is 4.79 Å². The average molecular weight is 260 g/mol. The first-order valence-corrected chi connectivity index (χ1v) is 6.98. The first-order chi connectivity index (χ1) is 9.28. The Morgan fingerprint density at radius 1 is 1.37 bits per heavy atom. The normalized spacial score (nSPS) is 22.4. The van der Waals surface area contributed by atoms with Gasteiger partial charge in [-0.05, 0) is 24.8 Å². The molecule has 1 saturated heterocycles. The molecule has 0 saturated carbocycles. The zero-order valence-electron chi connectivity index (χ0n) is 11.4. The summed E-state index contributed by atoms with van der Waals surface area (Å²) in [6, 6.07) is 9.77. The lowest BCUT2D eigenvalue weighted by Gasteiger charge is -2.28. The molecule has 1 aromatic rings. The van der Waals surface area contributed by atoms with E-state index in [1.807, 2.05) is 30.3 Å². The van der Waals surface area contributed by atoms with Crippen LogP contribution in [0, 0.1) is 0 Å². The Morgan fingerprint density at radius 3 is 2.79 bits per heavy atom. The van der Waals surface area contributed by atoms with E-state index >= 15 is 0 Å². The third kappa shape index (κ3) is 4.60. The molecular weight excluding hydrogens is 239 g/mol. The fraction of sp³-hybridized carbons (Fsp3) is 0.500. The van der Waals surface area contributed by atoms with Crippen molar-refractivity contribution in [1.29, 1.82) is 0 Å². The first kappa shape index (κ1) is 13.9. The van der Waals surface area contributed by atoms with Gasteiger partial charge in [-0.15, -0.1) is 0 Å². The fourth-order valence-electron chi connectivity index (χ4n) is 2.26. The number of nitrogens with one attached hydrogen (secondary N) is 2. The number of hydrogen-bond acceptors (Lipinski definition) is 2. The van der Waals surface area contributed by atoms with Crippen LogP contribution in [0.1, 0.15) is 31.7 Å². The second-order valence-electron chi connectivity index (χ2n) is 4.95. The highest BCUT2D eigenvalue weighted by molar-refractivity contribution is 6.30. The van der Waals surface area contributed by atoms with E-state index in [9.17, 15) is 4.79 Å². The van der Waals surface area contributed by atoms with Crippen LogP contribution < -0.4 is 10.6 Å². The van der Waals surface area contributed by atoms with E-state index in [0.717, 1.165) is 24.8 Å². The third-order valence-corrected chi connectivity index (χ3v) is 3.46. The molecular formula is C14H21BN2O2. The van der Waals surface area contributed by atoms with Gasteiger partial charge < -0.3 is 15.3 Å². The lowest BCUT2D eigenvalue weighted by molar-refractivity contribution is 0.162. The van der Waals surface area contributed by atoms with Gasteiger partial charge in [-0.25, -0.2) is 4.79 Å². The summed E-state index contributed by atoms with van der Waals surface area (Å²) in [5.41, 5.74) is 1.10. The average Bonchev–Trinajstić information content (AvgIpc) is 2.47. The second-order valence-corrected chi connectivity index (χ2v) is 4.95. The van der Waals surface area contributed by atoms with Gasteiger partial charge in [0.2, 0.25) is 0 Å². The molecule has 102 valence electrons. The van der Waals surface area contributed by atoms with Crippen molar-refractivity contribution in [2.75, 3.05) is 0 Å². The van der Waals surface area contributed by atoms with Crippen molar-refractivity contribution in [3.05, 3.63) is 35.9 Å². The highest BCUT2D eigenvalue weighted by Crippen LogP contribution is 2.14. The lowest BCUT2D eigenvalue weighted by Crippen LogP contribution is -2.48. The number of rotatable bonds is 4. The van der Waals surface area contributed by atoms with Crippen molar-refractivity contribution in [2.24, 2.45) is 0 Å². The summed E-state index contributed by atoms with van der Waals surface area (Å²) in [4.78, 5) is 11.8. The van der Waals surface area contributed by atoms with Crippen molar-refractivity contribution >= 4 is 13.5 Å². The highest BCUT2D eigenvalue weighted by atomic mass is 16.4. The molecule has 2 unspecified atom stereocenters. The summed E-state index contributed by atoms with van der Waals surface area (Å²) in [6.07, 6.45) is 3.44. The molecule has 1 heterocycles. The van der Waals surface area contributed by atoms with E-state index in [1.54, 1.807) is 0 Å². The number of carbonyl (C=O) groups is 1. The molecule has 0 aromatic heterocycles. The Morgan fingerprint density at radius 2 is 2.16 bits per heavy atom. The smallest absolute Gasteiger partial charge is 0.314 e. The Balaban J connectivity index is 1.67. The van der Waals surface area contributed by atoms with Crippen LogP contribution in [0.2, 0.25) is 0 Å². The van der Waals surface area contributed by atoms with E-state index in [-0.39, 0.29) is 12.0 Å². The minimum atomic E-state index is -0.118. The molecule has 0 bridgehead atoms. The van der Waals surface area contributed by atoms with Crippen LogP contribution in [0.25, 0.3) is 0 Å². The Hall–Kier alpha value is -1.49. The quantitative estimate of drug-likeness (QED) is 0.810. The van der Waals surface area contributed by atoms with Crippen LogP contribution in [0.3, 0.4) is 0 Å². The molecule has 1 aliphatic heterocycles. The van der Waals surface area contributed by atoms with Gasteiger partial charge in [0.05, 0.1) is 0 Å². The maximum atomic E-state index is 11.8. The van der Waals surface area contributed by atoms with Crippen molar-refractivity contribution in [3.63, 3.8) is 0 Å². The van der Waals surface area contributed by atoms with Gasteiger partial charge in [-0.3, -0.25) is 0 Å². The van der Waals surface area contributed by atoms with Gasteiger partial charge in [0, 0.05) is 18.6 Å². The van der Waals surface area contributed by atoms with Crippen LogP contribution in [0.15, 0.2) is 30.3 Å². The second kappa shape index (κ2) is 7.19. The maximum absolute atomic E-state index is 11.8. The molecule has 2 rings (SSSR count).